The molecule has 0 radical (unpaired) electrons. The first kappa shape index (κ1) is 13.3. The van der Waals surface area contributed by atoms with Crippen molar-refractivity contribution in [2.75, 3.05) is 6.54 Å². The average Bonchev–Trinajstić information content (AvgIpc) is 2.77. The summed E-state index contributed by atoms with van der Waals surface area (Å²) in [6, 6.07) is 4.43. The molecule has 1 unspecified atom stereocenters. The molecular formula is C13H20ClNOS. The lowest BCUT2D eigenvalue weighted by Crippen LogP contribution is -2.32. The highest BCUT2D eigenvalue weighted by Crippen LogP contribution is 2.28. The van der Waals surface area contributed by atoms with E-state index in [1.54, 1.807) is 0 Å². The second kappa shape index (κ2) is 6.74. The van der Waals surface area contributed by atoms with E-state index in [0.29, 0.717) is 6.04 Å². The molecular weight excluding hydrogens is 254 g/mol. The quantitative estimate of drug-likeness (QED) is 0.856. The molecule has 1 aliphatic carbocycles. The van der Waals surface area contributed by atoms with E-state index >= 15 is 0 Å². The molecule has 1 aliphatic rings. The summed E-state index contributed by atoms with van der Waals surface area (Å²) in [5.41, 5.74) is 0. The van der Waals surface area contributed by atoms with Crippen molar-refractivity contribution >= 4 is 22.9 Å². The van der Waals surface area contributed by atoms with Gasteiger partial charge < -0.3 is 10.4 Å². The lowest BCUT2D eigenvalue weighted by molar-refractivity contribution is 0.168. The summed E-state index contributed by atoms with van der Waals surface area (Å²) < 4.78 is 0.749. The molecule has 0 spiro atoms. The van der Waals surface area contributed by atoms with Crippen LogP contribution in [0.2, 0.25) is 4.34 Å². The first-order chi connectivity index (χ1) is 8.25. The molecule has 17 heavy (non-hydrogen) atoms. The number of aliphatic hydroxyl groups excluding tert-OH is 1. The maximum absolute atomic E-state index is 9.98. The van der Waals surface area contributed by atoms with E-state index in [9.17, 15) is 5.11 Å². The van der Waals surface area contributed by atoms with E-state index in [-0.39, 0.29) is 6.10 Å². The molecule has 4 heteroatoms. The number of hydrogen-bond donors (Lipinski definition) is 2. The Labute approximate surface area is 112 Å². The molecule has 2 rings (SSSR count). The fourth-order valence-corrected chi connectivity index (χ4v) is 3.46. The molecule has 2 nitrogen and oxygen atoms in total. The van der Waals surface area contributed by atoms with E-state index in [1.807, 2.05) is 12.1 Å². The fourth-order valence-electron chi connectivity index (χ4n) is 2.38. The lowest BCUT2D eigenvalue weighted by atomic mass is 9.95. The lowest BCUT2D eigenvalue weighted by Gasteiger charge is -2.23. The Morgan fingerprint density at radius 3 is 2.76 bits per heavy atom. The number of halogens is 1. The molecule has 1 heterocycles. The summed E-state index contributed by atoms with van der Waals surface area (Å²) in [6.45, 7) is 0.890. The summed E-state index contributed by atoms with van der Waals surface area (Å²) in [5, 5.41) is 13.5. The SMILES string of the molecule is OC(CCNC1CCCCC1)c1ccc(Cl)s1. The summed E-state index contributed by atoms with van der Waals surface area (Å²) in [5.74, 6) is 0. The Hall–Kier alpha value is -0.0900. The minimum absolute atomic E-state index is 0.372. The van der Waals surface area contributed by atoms with Crippen molar-refractivity contribution in [2.45, 2.75) is 50.7 Å². The smallest absolute Gasteiger partial charge is 0.0932 e. The van der Waals surface area contributed by atoms with Gasteiger partial charge in [0, 0.05) is 10.9 Å². The van der Waals surface area contributed by atoms with Crippen LogP contribution in [0.3, 0.4) is 0 Å². The Morgan fingerprint density at radius 1 is 1.35 bits per heavy atom. The molecule has 0 aromatic carbocycles. The standard InChI is InChI=1S/C13H20ClNOS/c14-13-7-6-12(17-13)11(16)8-9-15-10-4-2-1-3-5-10/h6-7,10-11,15-16H,1-5,8-9H2. The van der Waals surface area contributed by atoms with E-state index in [0.717, 1.165) is 22.2 Å². The number of aliphatic hydroxyl groups is 1. The molecule has 1 saturated carbocycles. The van der Waals surface area contributed by atoms with Gasteiger partial charge in [-0.3, -0.25) is 0 Å². The third-order valence-corrected chi connectivity index (χ3v) is 4.71. The second-order valence-electron chi connectivity index (χ2n) is 4.74. The summed E-state index contributed by atoms with van der Waals surface area (Å²) >= 11 is 7.32. The molecule has 1 aromatic heterocycles. The number of nitrogens with one attached hydrogen (secondary N) is 1. The minimum Gasteiger partial charge on any atom is -0.388 e. The van der Waals surface area contributed by atoms with Crippen LogP contribution in [0, 0.1) is 0 Å². The molecule has 96 valence electrons. The number of thiophene rings is 1. The van der Waals surface area contributed by atoms with E-state index in [1.165, 1.54) is 43.4 Å². The Kier molecular flexibility index (Phi) is 5.29. The fraction of sp³-hybridized carbons (Fsp3) is 0.692. The molecule has 1 atom stereocenters. The first-order valence-corrected chi connectivity index (χ1v) is 7.62. The van der Waals surface area contributed by atoms with Gasteiger partial charge in [0.15, 0.2) is 0 Å². The summed E-state index contributed by atoms with van der Waals surface area (Å²) in [7, 11) is 0. The average molecular weight is 274 g/mol. The van der Waals surface area contributed by atoms with Crippen LogP contribution in [-0.4, -0.2) is 17.7 Å². The molecule has 2 N–H and O–H groups in total. The van der Waals surface area contributed by atoms with Gasteiger partial charge in [-0.1, -0.05) is 30.9 Å². The maximum Gasteiger partial charge on any atom is 0.0932 e. The highest BCUT2D eigenvalue weighted by Gasteiger charge is 2.14. The predicted molar refractivity (Wildman–Crippen MR) is 73.8 cm³/mol. The van der Waals surface area contributed by atoms with Crippen molar-refractivity contribution in [3.63, 3.8) is 0 Å². The van der Waals surface area contributed by atoms with Gasteiger partial charge in [-0.25, -0.2) is 0 Å². The van der Waals surface area contributed by atoms with Crippen LogP contribution in [0.15, 0.2) is 12.1 Å². The van der Waals surface area contributed by atoms with Crippen molar-refractivity contribution in [3.8, 4) is 0 Å². The first-order valence-electron chi connectivity index (χ1n) is 6.42. The Morgan fingerprint density at radius 2 is 2.12 bits per heavy atom. The largest absolute Gasteiger partial charge is 0.388 e. The van der Waals surface area contributed by atoms with Crippen LogP contribution < -0.4 is 5.32 Å². The topological polar surface area (TPSA) is 32.3 Å². The van der Waals surface area contributed by atoms with Crippen molar-refractivity contribution in [1.29, 1.82) is 0 Å². The predicted octanol–water partition coefficient (Wildman–Crippen LogP) is 3.75. The monoisotopic (exact) mass is 273 g/mol. The molecule has 0 aliphatic heterocycles. The second-order valence-corrected chi connectivity index (χ2v) is 6.48. The highest BCUT2D eigenvalue weighted by atomic mass is 35.5. The van der Waals surface area contributed by atoms with Crippen LogP contribution in [0.4, 0.5) is 0 Å². The summed E-state index contributed by atoms with van der Waals surface area (Å²) in [4.78, 5) is 0.973. The Bertz CT molecular complexity index is 336. The zero-order chi connectivity index (χ0) is 12.1. The normalized spacial score (nSPS) is 19.4. The van der Waals surface area contributed by atoms with Crippen molar-refractivity contribution in [1.82, 2.24) is 5.32 Å². The van der Waals surface area contributed by atoms with E-state index in [2.05, 4.69) is 5.32 Å². The zero-order valence-electron chi connectivity index (χ0n) is 9.99. The molecule has 1 fully saturated rings. The van der Waals surface area contributed by atoms with Crippen LogP contribution in [0.1, 0.15) is 49.5 Å². The highest BCUT2D eigenvalue weighted by molar-refractivity contribution is 7.16. The van der Waals surface area contributed by atoms with E-state index < -0.39 is 0 Å². The van der Waals surface area contributed by atoms with Gasteiger partial charge in [-0.05, 0) is 37.9 Å². The number of rotatable bonds is 5. The van der Waals surface area contributed by atoms with Crippen LogP contribution in [0.25, 0.3) is 0 Å². The number of hydrogen-bond acceptors (Lipinski definition) is 3. The molecule has 1 aromatic rings. The third-order valence-electron chi connectivity index (χ3n) is 3.38. The Balaban J connectivity index is 1.67. The molecule has 0 saturated heterocycles. The van der Waals surface area contributed by atoms with Gasteiger partial charge in [0.25, 0.3) is 0 Å². The van der Waals surface area contributed by atoms with Gasteiger partial charge in [-0.2, -0.15) is 0 Å². The van der Waals surface area contributed by atoms with Crippen LogP contribution >= 0.6 is 22.9 Å². The van der Waals surface area contributed by atoms with Crippen molar-refractivity contribution < 1.29 is 5.11 Å². The van der Waals surface area contributed by atoms with Gasteiger partial charge in [-0.15, -0.1) is 11.3 Å². The summed E-state index contributed by atoms with van der Waals surface area (Å²) in [6.07, 6.45) is 7.06. The zero-order valence-corrected chi connectivity index (χ0v) is 11.6. The molecule has 0 amide bonds. The van der Waals surface area contributed by atoms with Gasteiger partial charge in [0.1, 0.15) is 0 Å². The van der Waals surface area contributed by atoms with Gasteiger partial charge in [0.2, 0.25) is 0 Å². The minimum atomic E-state index is -0.372. The van der Waals surface area contributed by atoms with Crippen molar-refractivity contribution in [3.05, 3.63) is 21.3 Å². The van der Waals surface area contributed by atoms with Crippen molar-refractivity contribution in [2.24, 2.45) is 0 Å². The molecule has 0 bridgehead atoms. The van der Waals surface area contributed by atoms with Crippen LogP contribution in [0.5, 0.6) is 0 Å². The van der Waals surface area contributed by atoms with Gasteiger partial charge >= 0.3 is 0 Å². The van der Waals surface area contributed by atoms with E-state index in [4.69, 9.17) is 11.6 Å². The van der Waals surface area contributed by atoms with Crippen LogP contribution in [-0.2, 0) is 0 Å². The maximum atomic E-state index is 9.98. The van der Waals surface area contributed by atoms with Gasteiger partial charge in [0.05, 0.1) is 10.4 Å². The third kappa shape index (κ3) is 4.25.